The van der Waals surface area contributed by atoms with Gasteiger partial charge >= 0.3 is 11.7 Å². The predicted octanol–water partition coefficient (Wildman–Crippen LogP) is 5.15. The number of hydrogen-bond acceptors (Lipinski definition) is 6. The number of fused-ring (bicyclic) bond motifs is 1. The van der Waals surface area contributed by atoms with Crippen molar-refractivity contribution in [2.45, 2.75) is 24.8 Å². The van der Waals surface area contributed by atoms with Crippen molar-refractivity contribution in [2.24, 2.45) is 0 Å². The zero-order chi connectivity index (χ0) is 21.8. The average molecular weight is 436 g/mol. The highest BCUT2D eigenvalue weighted by Gasteiger charge is 2.12. The summed E-state index contributed by atoms with van der Waals surface area (Å²) in [5.41, 5.74) is 3.50. The molecule has 2 aromatic carbocycles. The Hall–Kier alpha value is -3.52. The third kappa shape index (κ3) is 4.64. The van der Waals surface area contributed by atoms with E-state index in [1.807, 2.05) is 35.0 Å². The van der Waals surface area contributed by atoms with E-state index in [9.17, 15) is 9.59 Å². The maximum Gasteiger partial charge on any atom is 0.411 e. The Morgan fingerprint density at radius 1 is 1.23 bits per heavy atom. The molecule has 31 heavy (non-hydrogen) atoms. The van der Waals surface area contributed by atoms with Crippen molar-refractivity contribution in [1.82, 2.24) is 9.55 Å². The van der Waals surface area contributed by atoms with E-state index in [0.717, 1.165) is 27.4 Å². The van der Waals surface area contributed by atoms with Crippen molar-refractivity contribution >= 4 is 34.5 Å². The van der Waals surface area contributed by atoms with Crippen LogP contribution in [0.15, 0.2) is 75.3 Å². The van der Waals surface area contributed by atoms with Crippen LogP contribution in [0.5, 0.6) is 0 Å². The molecule has 0 spiro atoms. The third-order valence-electron chi connectivity index (χ3n) is 4.69. The number of aromatic nitrogens is 2. The Morgan fingerprint density at radius 2 is 2.06 bits per heavy atom. The lowest BCUT2D eigenvalue weighted by atomic mass is 10.1. The van der Waals surface area contributed by atoms with Crippen LogP contribution in [0, 0.1) is 6.92 Å². The molecule has 0 aliphatic carbocycles. The van der Waals surface area contributed by atoms with Gasteiger partial charge in [-0.25, -0.2) is 14.6 Å². The number of nitrogens with zero attached hydrogens (tertiary/aromatic N) is 2. The molecule has 158 valence electrons. The number of benzene rings is 2. The minimum atomic E-state index is -0.557. The van der Waals surface area contributed by atoms with Gasteiger partial charge in [-0.15, -0.1) is 0 Å². The maximum absolute atomic E-state index is 12.1. The molecule has 0 saturated heterocycles. The number of rotatable bonds is 6. The van der Waals surface area contributed by atoms with Crippen LogP contribution in [-0.4, -0.2) is 22.3 Å². The molecular weight excluding hydrogens is 414 g/mol. The van der Waals surface area contributed by atoms with Gasteiger partial charge in [0, 0.05) is 41.4 Å². The molecule has 0 saturated carbocycles. The Balaban J connectivity index is 1.60. The van der Waals surface area contributed by atoms with Gasteiger partial charge in [0.05, 0.1) is 12.3 Å². The molecule has 4 aromatic rings. The van der Waals surface area contributed by atoms with E-state index < -0.39 is 11.7 Å². The van der Waals surface area contributed by atoms with Gasteiger partial charge in [-0.2, -0.15) is 0 Å². The third-order valence-corrected chi connectivity index (χ3v) is 5.71. The Bertz CT molecular complexity index is 1300. The summed E-state index contributed by atoms with van der Waals surface area (Å²) in [6, 6.07) is 14.8. The van der Waals surface area contributed by atoms with E-state index in [-0.39, 0.29) is 6.61 Å². The fourth-order valence-electron chi connectivity index (χ4n) is 3.27. The predicted molar refractivity (Wildman–Crippen MR) is 121 cm³/mol. The van der Waals surface area contributed by atoms with Crippen molar-refractivity contribution in [1.29, 1.82) is 0 Å². The van der Waals surface area contributed by atoms with Gasteiger partial charge in [-0.1, -0.05) is 30.0 Å². The zero-order valence-corrected chi connectivity index (χ0v) is 17.9. The van der Waals surface area contributed by atoms with Crippen molar-refractivity contribution in [3.63, 3.8) is 0 Å². The number of nitrogens with one attached hydrogen (secondary N) is 1. The van der Waals surface area contributed by atoms with Gasteiger partial charge in [0.1, 0.15) is 5.58 Å². The zero-order valence-electron chi connectivity index (χ0n) is 17.1. The van der Waals surface area contributed by atoms with Crippen LogP contribution >= 0.6 is 11.8 Å². The van der Waals surface area contributed by atoms with Crippen molar-refractivity contribution < 1.29 is 13.9 Å². The maximum atomic E-state index is 12.1. The highest BCUT2D eigenvalue weighted by atomic mass is 32.2. The minimum absolute atomic E-state index is 0.272. The fourth-order valence-corrected chi connectivity index (χ4v) is 4.23. The summed E-state index contributed by atoms with van der Waals surface area (Å²) in [7, 11) is 0. The van der Waals surface area contributed by atoms with E-state index in [4.69, 9.17) is 9.15 Å². The first-order chi connectivity index (χ1) is 15.0. The van der Waals surface area contributed by atoms with E-state index in [1.165, 1.54) is 17.8 Å². The molecule has 0 aliphatic heterocycles. The summed E-state index contributed by atoms with van der Waals surface area (Å²) in [5.74, 6) is 0.537. The Labute approximate surface area is 183 Å². The highest BCUT2D eigenvalue weighted by molar-refractivity contribution is 7.98. The summed E-state index contributed by atoms with van der Waals surface area (Å²) in [5, 5.41) is 4.25. The second kappa shape index (κ2) is 9.09. The number of carbonyl (C=O) groups is 1. The smallest absolute Gasteiger partial charge is 0.411 e. The van der Waals surface area contributed by atoms with E-state index in [2.05, 4.69) is 23.3 Å². The van der Waals surface area contributed by atoms with Crippen LogP contribution in [0.3, 0.4) is 0 Å². The first kappa shape index (κ1) is 20.7. The van der Waals surface area contributed by atoms with Crippen molar-refractivity contribution in [3.8, 4) is 5.69 Å². The van der Waals surface area contributed by atoms with Crippen LogP contribution in [0.4, 0.5) is 10.5 Å². The molecule has 0 fully saturated rings. The average Bonchev–Trinajstić information content (AvgIpc) is 3.20. The Kier molecular flexibility index (Phi) is 6.08. The van der Waals surface area contributed by atoms with Crippen LogP contribution in [0.1, 0.15) is 18.1 Å². The molecule has 2 heterocycles. The van der Waals surface area contributed by atoms with Gasteiger partial charge in [-0.05, 0) is 43.2 Å². The number of thioether (sulfide) groups is 1. The van der Waals surface area contributed by atoms with Crippen LogP contribution < -0.4 is 10.9 Å². The van der Waals surface area contributed by atoms with Gasteiger partial charge in [0.15, 0.2) is 5.16 Å². The van der Waals surface area contributed by atoms with E-state index in [0.29, 0.717) is 17.0 Å². The summed E-state index contributed by atoms with van der Waals surface area (Å²) >= 11 is 1.54. The number of aryl methyl sites for hydroxylation is 1. The second-order valence-electron chi connectivity index (χ2n) is 6.80. The standard InChI is InChI=1S/C23H21N3O4S/c1-3-29-23(28)25-17-8-9-18-16(12-21(27)30-20(18)13-17)14-31-22-24-10-11-26(22)19-7-5-4-6-15(19)2/h4-13H,3,14H2,1-2H3,(H,25,28). The Morgan fingerprint density at radius 3 is 2.87 bits per heavy atom. The lowest BCUT2D eigenvalue weighted by Crippen LogP contribution is -2.13. The minimum Gasteiger partial charge on any atom is -0.450 e. The summed E-state index contributed by atoms with van der Waals surface area (Å²) < 4.78 is 12.3. The molecule has 8 heteroatoms. The first-order valence-corrected chi connectivity index (χ1v) is 10.8. The number of anilines is 1. The molecule has 1 N–H and O–H groups in total. The second-order valence-corrected chi connectivity index (χ2v) is 7.74. The lowest BCUT2D eigenvalue weighted by Gasteiger charge is -2.11. The number of carbonyl (C=O) groups excluding carboxylic acids is 1. The van der Waals surface area contributed by atoms with E-state index >= 15 is 0 Å². The largest absolute Gasteiger partial charge is 0.450 e. The molecule has 7 nitrogen and oxygen atoms in total. The molecule has 1 amide bonds. The molecule has 0 aliphatic rings. The molecule has 0 atom stereocenters. The highest BCUT2D eigenvalue weighted by Crippen LogP contribution is 2.29. The first-order valence-electron chi connectivity index (χ1n) is 9.78. The van der Waals surface area contributed by atoms with E-state index in [1.54, 1.807) is 25.3 Å². The monoisotopic (exact) mass is 435 g/mol. The van der Waals surface area contributed by atoms with Gasteiger partial charge in [-0.3, -0.25) is 9.88 Å². The fraction of sp³-hybridized carbons (Fsp3) is 0.174. The molecule has 4 rings (SSSR count). The molecule has 0 unspecified atom stereocenters. The topological polar surface area (TPSA) is 86.4 Å². The summed E-state index contributed by atoms with van der Waals surface area (Å²) in [6.07, 6.45) is 3.13. The van der Waals surface area contributed by atoms with Gasteiger partial charge < -0.3 is 9.15 Å². The van der Waals surface area contributed by atoms with Crippen molar-refractivity contribution in [2.75, 3.05) is 11.9 Å². The van der Waals surface area contributed by atoms with Gasteiger partial charge in [0.25, 0.3) is 0 Å². The quantitative estimate of drug-likeness (QED) is 0.333. The number of amides is 1. The van der Waals surface area contributed by atoms with Crippen LogP contribution in [0.2, 0.25) is 0 Å². The number of hydrogen-bond donors (Lipinski definition) is 1. The van der Waals surface area contributed by atoms with Crippen LogP contribution in [0.25, 0.3) is 16.7 Å². The summed E-state index contributed by atoms with van der Waals surface area (Å²) in [6.45, 7) is 4.06. The van der Waals surface area contributed by atoms with Crippen LogP contribution in [-0.2, 0) is 10.5 Å². The molecule has 0 radical (unpaired) electrons. The molecular formula is C23H21N3O4S. The number of para-hydroxylation sites is 1. The summed E-state index contributed by atoms with van der Waals surface area (Å²) in [4.78, 5) is 28.3. The van der Waals surface area contributed by atoms with Gasteiger partial charge in [0.2, 0.25) is 0 Å². The molecule has 0 bridgehead atoms. The number of ether oxygens (including phenoxy) is 1. The number of imidazole rings is 1. The normalized spacial score (nSPS) is 10.9. The van der Waals surface area contributed by atoms with Crippen molar-refractivity contribution in [3.05, 3.63) is 82.5 Å². The molecule has 2 aromatic heterocycles. The SMILES string of the molecule is CCOC(=O)Nc1ccc2c(CSc3nccn3-c3ccccc3C)cc(=O)oc2c1. The lowest BCUT2D eigenvalue weighted by molar-refractivity contribution is 0.168.